The summed E-state index contributed by atoms with van der Waals surface area (Å²) < 4.78 is 0. The van der Waals surface area contributed by atoms with E-state index in [2.05, 4.69) is 10.3 Å². The largest absolute Gasteiger partial charge is 0.323 e. The average Bonchev–Trinajstić information content (AvgIpc) is 2.21. The molecule has 0 aliphatic heterocycles. The van der Waals surface area contributed by atoms with Gasteiger partial charge >= 0.3 is 0 Å². The lowest BCUT2D eigenvalue weighted by Crippen LogP contribution is -2.36. The van der Waals surface area contributed by atoms with Crippen molar-refractivity contribution in [3.8, 4) is 0 Å². The number of nitrogens with two attached hydrogens (primary N) is 1. The van der Waals surface area contributed by atoms with Gasteiger partial charge in [0.2, 0.25) is 5.91 Å². The van der Waals surface area contributed by atoms with E-state index in [1.165, 1.54) is 0 Å². The molecule has 0 spiro atoms. The normalized spacial score (nSPS) is 12.6. The summed E-state index contributed by atoms with van der Waals surface area (Å²) in [4.78, 5) is 16.1. The summed E-state index contributed by atoms with van der Waals surface area (Å²) in [6.07, 6.45) is 0.685. The fourth-order valence-electron chi connectivity index (χ4n) is 1.66. The van der Waals surface area contributed by atoms with E-state index >= 15 is 0 Å². The first-order valence-corrected chi connectivity index (χ1v) is 5.91. The highest BCUT2D eigenvalue weighted by Crippen LogP contribution is 2.13. The molecule has 0 fully saturated rings. The molecule has 0 aliphatic rings. The highest BCUT2D eigenvalue weighted by Gasteiger charge is 2.15. The van der Waals surface area contributed by atoms with Crippen LogP contribution in [0.1, 0.15) is 31.7 Å². The van der Waals surface area contributed by atoms with Crippen LogP contribution in [0.25, 0.3) is 0 Å². The van der Waals surface area contributed by atoms with Crippen molar-refractivity contribution < 1.29 is 4.79 Å². The molecule has 0 saturated carbocycles. The molecule has 1 atom stereocenters. The third kappa shape index (κ3) is 4.15. The van der Waals surface area contributed by atoms with Crippen LogP contribution < -0.4 is 11.1 Å². The molecule has 3 N–H and O–H groups in total. The molecule has 4 heteroatoms. The van der Waals surface area contributed by atoms with Gasteiger partial charge in [0.1, 0.15) is 0 Å². The molecular weight excluding hydrogens is 214 g/mol. The van der Waals surface area contributed by atoms with Gasteiger partial charge in [0.05, 0.1) is 17.4 Å². The number of anilines is 1. The molecule has 1 heterocycles. The van der Waals surface area contributed by atoms with E-state index in [0.717, 1.165) is 17.1 Å². The Hall–Kier alpha value is -1.42. The standard InChI is InChI=1S/C13H21N3O/c1-8(2)7-11(14)13(17)16-12-6-5-9(3)15-10(12)4/h5-6,8,11H,7,14H2,1-4H3,(H,16,17)/t11-/m1/s1. The van der Waals surface area contributed by atoms with E-state index in [9.17, 15) is 4.79 Å². The summed E-state index contributed by atoms with van der Waals surface area (Å²) in [6, 6.07) is 3.27. The Labute approximate surface area is 103 Å². The summed E-state index contributed by atoms with van der Waals surface area (Å²) in [6.45, 7) is 7.89. The minimum Gasteiger partial charge on any atom is -0.323 e. The Morgan fingerprint density at radius 2 is 2.06 bits per heavy atom. The SMILES string of the molecule is Cc1ccc(NC(=O)[C@H](N)CC(C)C)c(C)n1. The minimum absolute atomic E-state index is 0.146. The molecule has 0 aliphatic carbocycles. The fraction of sp³-hybridized carbons (Fsp3) is 0.538. The molecule has 0 saturated heterocycles. The first-order chi connectivity index (χ1) is 7.90. The number of aromatic nitrogens is 1. The summed E-state index contributed by atoms with van der Waals surface area (Å²) >= 11 is 0. The van der Waals surface area contributed by atoms with E-state index in [4.69, 9.17) is 5.73 Å². The van der Waals surface area contributed by atoms with Crippen LogP contribution in [0.3, 0.4) is 0 Å². The number of hydrogen-bond acceptors (Lipinski definition) is 3. The maximum Gasteiger partial charge on any atom is 0.241 e. The van der Waals surface area contributed by atoms with Crippen LogP contribution in [0.2, 0.25) is 0 Å². The minimum atomic E-state index is -0.462. The molecule has 94 valence electrons. The van der Waals surface area contributed by atoms with Crippen molar-refractivity contribution in [2.45, 2.75) is 40.2 Å². The number of nitrogens with one attached hydrogen (secondary N) is 1. The number of aryl methyl sites for hydroxylation is 2. The van der Waals surface area contributed by atoms with Crippen LogP contribution in [0, 0.1) is 19.8 Å². The zero-order chi connectivity index (χ0) is 13.0. The zero-order valence-corrected chi connectivity index (χ0v) is 10.9. The highest BCUT2D eigenvalue weighted by atomic mass is 16.2. The molecule has 4 nitrogen and oxygen atoms in total. The summed E-state index contributed by atoms with van der Waals surface area (Å²) in [7, 11) is 0. The summed E-state index contributed by atoms with van der Waals surface area (Å²) in [5.74, 6) is 0.264. The first-order valence-electron chi connectivity index (χ1n) is 5.91. The number of carbonyl (C=O) groups excluding carboxylic acids is 1. The lowest BCUT2D eigenvalue weighted by atomic mass is 10.0. The Morgan fingerprint density at radius 3 is 2.59 bits per heavy atom. The maximum atomic E-state index is 11.8. The maximum absolute atomic E-state index is 11.8. The number of rotatable bonds is 4. The molecule has 0 radical (unpaired) electrons. The predicted octanol–water partition coefficient (Wildman–Crippen LogP) is 2.01. The topological polar surface area (TPSA) is 68.0 Å². The molecule has 0 aromatic carbocycles. The van der Waals surface area contributed by atoms with Crippen molar-refractivity contribution in [1.29, 1.82) is 0 Å². The Morgan fingerprint density at radius 1 is 1.41 bits per heavy atom. The number of amides is 1. The summed E-state index contributed by atoms with van der Waals surface area (Å²) in [5, 5.41) is 2.82. The lowest BCUT2D eigenvalue weighted by Gasteiger charge is -2.15. The molecule has 0 bridgehead atoms. The first kappa shape index (κ1) is 13.6. The monoisotopic (exact) mass is 235 g/mol. The molecule has 1 rings (SSSR count). The van der Waals surface area contributed by atoms with Crippen molar-refractivity contribution in [1.82, 2.24) is 4.98 Å². The van der Waals surface area contributed by atoms with Gasteiger partial charge < -0.3 is 11.1 Å². The van der Waals surface area contributed by atoms with Gasteiger partial charge in [0.25, 0.3) is 0 Å². The van der Waals surface area contributed by atoms with E-state index in [0.29, 0.717) is 12.3 Å². The van der Waals surface area contributed by atoms with Gasteiger partial charge in [0, 0.05) is 5.69 Å². The third-order valence-corrected chi connectivity index (χ3v) is 2.55. The van der Waals surface area contributed by atoms with Gasteiger partial charge in [-0.05, 0) is 38.3 Å². The van der Waals surface area contributed by atoms with E-state index in [1.807, 2.05) is 39.8 Å². The van der Waals surface area contributed by atoms with Gasteiger partial charge in [-0.1, -0.05) is 13.8 Å². The van der Waals surface area contributed by atoms with E-state index in [-0.39, 0.29) is 5.91 Å². The molecule has 17 heavy (non-hydrogen) atoms. The van der Waals surface area contributed by atoms with Crippen molar-refractivity contribution in [3.05, 3.63) is 23.5 Å². The van der Waals surface area contributed by atoms with Crippen molar-refractivity contribution in [2.24, 2.45) is 11.7 Å². The van der Waals surface area contributed by atoms with Crippen molar-refractivity contribution >= 4 is 11.6 Å². The van der Waals surface area contributed by atoms with Crippen molar-refractivity contribution in [2.75, 3.05) is 5.32 Å². The third-order valence-electron chi connectivity index (χ3n) is 2.55. The van der Waals surface area contributed by atoms with Crippen molar-refractivity contribution in [3.63, 3.8) is 0 Å². The highest BCUT2D eigenvalue weighted by molar-refractivity contribution is 5.95. The van der Waals surface area contributed by atoms with E-state index < -0.39 is 6.04 Å². The zero-order valence-electron chi connectivity index (χ0n) is 10.9. The smallest absolute Gasteiger partial charge is 0.241 e. The molecule has 0 unspecified atom stereocenters. The van der Waals surface area contributed by atoms with Gasteiger partial charge in [0.15, 0.2) is 0 Å². The van der Waals surface area contributed by atoms with Crippen LogP contribution in [0.15, 0.2) is 12.1 Å². The number of carbonyl (C=O) groups is 1. The number of hydrogen-bond donors (Lipinski definition) is 2. The quantitative estimate of drug-likeness (QED) is 0.838. The second-order valence-corrected chi connectivity index (χ2v) is 4.81. The second-order valence-electron chi connectivity index (χ2n) is 4.81. The van der Waals surface area contributed by atoms with Crippen LogP contribution in [0.5, 0.6) is 0 Å². The van der Waals surface area contributed by atoms with Crippen LogP contribution in [-0.2, 0) is 4.79 Å². The van der Waals surface area contributed by atoms with Gasteiger partial charge in [-0.15, -0.1) is 0 Å². The number of pyridine rings is 1. The number of nitrogens with zero attached hydrogens (tertiary/aromatic N) is 1. The molecule has 1 aromatic heterocycles. The van der Waals surface area contributed by atoms with Crippen LogP contribution in [0.4, 0.5) is 5.69 Å². The van der Waals surface area contributed by atoms with Gasteiger partial charge in [-0.3, -0.25) is 9.78 Å². The Kier molecular flexibility index (Phi) is 4.63. The summed E-state index contributed by atoms with van der Waals surface area (Å²) in [5.41, 5.74) is 8.30. The Balaban J connectivity index is 2.67. The predicted molar refractivity (Wildman–Crippen MR) is 69.8 cm³/mol. The average molecular weight is 235 g/mol. The Bertz CT molecular complexity index is 402. The fourth-order valence-corrected chi connectivity index (χ4v) is 1.66. The van der Waals surface area contributed by atoms with Crippen LogP contribution in [-0.4, -0.2) is 16.9 Å². The van der Waals surface area contributed by atoms with Gasteiger partial charge in [-0.25, -0.2) is 0 Å². The molecule has 1 aromatic rings. The molecule has 1 amide bonds. The van der Waals surface area contributed by atoms with Gasteiger partial charge in [-0.2, -0.15) is 0 Å². The van der Waals surface area contributed by atoms with Crippen LogP contribution >= 0.6 is 0 Å². The molecular formula is C13H21N3O. The second kappa shape index (κ2) is 5.77. The lowest BCUT2D eigenvalue weighted by molar-refractivity contribution is -0.117. The van der Waals surface area contributed by atoms with E-state index in [1.54, 1.807) is 0 Å².